The number of hydrogen-bond donors (Lipinski definition) is 0. The zero-order valence-corrected chi connectivity index (χ0v) is 11.6. The van der Waals surface area contributed by atoms with Gasteiger partial charge in [-0.3, -0.25) is 14.6 Å². The number of rotatable bonds is 2. The van der Waals surface area contributed by atoms with Crippen molar-refractivity contribution in [2.24, 2.45) is 5.92 Å². The van der Waals surface area contributed by atoms with Crippen molar-refractivity contribution < 1.29 is 22.8 Å². The predicted molar refractivity (Wildman–Crippen MR) is 71.0 cm³/mol. The molecule has 0 bridgehead atoms. The molecule has 2 aliphatic rings. The van der Waals surface area contributed by atoms with Gasteiger partial charge in [0, 0.05) is 37.6 Å². The van der Waals surface area contributed by atoms with E-state index in [9.17, 15) is 22.8 Å². The molecule has 2 amide bonds. The molecule has 2 aliphatic heterocycles. The average Bonchev–Trinajstić information content (AvgIpc) is 3.01. The van der Waals surface area contributed by atoms with Gasteiger partial charge in [0.2, 0.25) is 11.8 Å². The molecule has 3 heterocycles. The Kier molecular flexibility index (Phi) is 3.54. The molecule has 0 saturated carbocycles. The van der Waals surface area contributed by atoms with Gasteiger partial charge in [0.15, 0.2) is 0 Å². The van der Waals surface area contributed by atoms with E-state index in [1.54, 1.807) is 23.4 Å². The number of hydrogen-bond acceptors (Lipinski definition) is 3. The molecule has 3 rings (SSSR count). The zero-order chi connectivity index (χ0) is 15.9. The van der Waals surface area contributed by atoms with Gasteiger partial charge < -0.3 is 9.80 Å². The first kappa shape index (κ1) is 14.8. The molecular weight excluding hydrogens is 299 g/mol. The number of halogens is 3. The number of aromatic nitrogens is 1. The summed E-state index contributed by atoms with van der Waals surface area (Å²) in [6, 6.07) is 1.71. The molecule has 1 fully saturated rings. The lowest BCUT2D eigenvalue weighted by atomic mass is 10.1. The van der Waals surface area contributed by atoms with Crippen LogP contribution in [0.25, 0.3) is 0 Å². The van der Waals surface area contributed by atoms with Crippen molar-refractivity contribution in [3.05, 3.63) is 24.0 Å². The fourth-order valence-corrected chi connectivity index (χ4v) is 2.98. The van der Waals surface area contributed by atoms with E-state index in [-0.39, 0.29) is 18.9 Å². The van der Waals surface area contributed by atoms with E-state index in [2.05, 4.69) is 4.98 Å². The Morgan fingerprint density at radius 1 is 1.41 bits per heavy atom. The predicted octanol–water partition coefficient (Wildman–Crippen LogP) is 1.38. The fraction of sp³-hybridized carbons (Fsp3) is 0.500. The van der Waals surface area contributed by atoms with Crippen LogP contribution in [-0.2, 0) is 16.0 Å². The van der Waals surface area contributed by atoms with Crippen LogP contribution in [0, 0.1) is 5.92 Å². The van der Waals surface area contributed by atoms with Gasteiger partial charge in [-0.1, -0.05) is 0 Å². The molecule has 0 radical (unpaired) electrons. The van der Waals surface area contributed by atoms with E-state index in [1.165, 1.54) is 0 Å². The summed E-state index contributed by atoms with van der Waals surface area (Å²) >= 11 is 0. The fourth-order valence-electron chi connectivity index (χ4n) is 2.98. The van der Waals surface area contributed by atoms with E-state index in [4.69, 9.17) is 0 Å². The number of pyridine rings is 1. The highest BCUT2D eigenvalue weighted by atomic mass is 19.4. The summed E-state index contributed by atoms with van der Waals surface area (Å²) in [5, 5.41) is 0. The molecule has 1 aromatic heterocycles. The minimum absolute atomic E-state index is 0.161. The first-order chi connectivity index (χ1) is 10.3. The van der Waals surface area contributed by atoms with Gasteiger partial charge in [-0.15, -0.1) is 0 Å². The minimum atomic E-state index is -4.44. The van der Waals surface area contributed by atoms with Gasteiger partial charge in [0.25, 0.3) is 0 Å². The number of likely N-dealkylation sites (tertiary alicyclic amines) is 1. The summed E-state index contributed by atoms with van der Waals surface area (Å²) in [4.78, 5) is 30.4. The highest BCUT2D eigenvalue weighted by molar-refractivity contribution is 6.00. The second kappa shape index (κ2) is 5.26. The maximum atomic E-state index is 12.5. The van der Waals surface area contributed by atoms with Gasteiger partial charge in [-0.05, 0) is 18.1 Å². The molecule has 1 unspecified atom stereocenters. The number of nitrogens with zero attached hydrogens (tertiary/aromatic N) is 3. The number of alkyl halides is 3. The normalized spacial score (nSPS) is 21.4. The number of fused-ring (bicyclic) bond motifs is 1. The standard InChI is InChI=1S/C14H14F3N3O2/c15-14(16,17)8-19-7-10(5-12(19)21)13(22)20-4-2-9-6-18-3-1-11(9)20/h1,3,6,10H,2,4-5,7-8H2. The van der Waals surface area contributed by atoms with Gasteiger partial charge in [0.05, 0.1) is 5.92 Å². The average molecular weight is 313 g/mol. The van der Waals surface area contributed by atoms with Crippen LogP contribution in [0.15, 0.2) is 18.5 Å². The van der Waals surface area contributed by atoms with Crippen LogP contribution in [0.2, 0.25) is 0 Å². The number of amides is 2. The SMILES string of the molecule is O=C1CC(C(=O)N2CCc3cnccc32)CN1CC(F)(F)F. The largest absolute Gasteiger partial charge is 0.406 e. The van der Waals surface area contributed by atoms with Crippen molar-refractivity contribution in [1.29, 1.82) is 0 Å². The third-order valence-electron chi connectivity index (χ3n) is 3.97. The topological polar surface area (TPSA) is 53.5 Å². The molecule has 0 aromatic carbocycles. The smallest absolute Gasteiger partial charge is 0.333 e. The minimum Gasteiger partial charge on any atom is -0.333 e. The van der Waals surface area contributed by atoms with Crippen molar-refractivity contribution in [2.75, 3.05) is 24.5 Å². The van der Waals surface area contributed by atoms with Crippen LogP contribution >= 0.6 is 0 Å². The lowest BCUT2D eigenvalue weighted by molar-refractivity contribution is -0.157. The second-order valence-corrected chi connectivity index (χ2v) is 5.53. The summed E-state index contributed by atoms with van der Waals surface area (Å²) in [5.74, 6) is -1.62. The van der Waals surface area contributed by atoms with Crippen molar-refractivity contribution >= 4 is 17.5 Å². The number of carbonyl (C=O) groups excluding carboxylic acids is 2. The molecular formula is C14H14F3N3O2. The van der Waals surface area contributed by atoms with Gasteiger partial charge >= 0.3 is 6.18 Å². The first-order valence-corrected chi connectivity index (χ1v) is 6.94. The Morgan fingerprint density at radius 2 is 2.18 bits per heavy atom. The highest BCUT2D eigenvalue weighted by Crippen LogP contribution is 2.31. The van der Waals surface area contributed by atoms with Crippen molar-refractivity contribution in [3.63, 3.8) is 0 Å². The van der Waals surface area contributed by atoms with E-state index < -0.39 is 24.5 Å². The van der Waals surface area contributed by atoms with Crippen molar-refractivity contribution in [2.45, 2.75) is 19.0 Å². The summed E-state index contributed by atoms with van der Waals surface area (Å²) in [6.07, 6.45) is -0.689. The van der Waals surface area contributed by atoms with Crippen LogP contribution < -0.4 is 4.90 Å². The van der Waals surface area contributed by atoms with E-state index in [0.29, 0.717) is 17.9 Å². The number of carbonyl (C=O) groups is 2. The Morgan fingerprint density at radius 3 is 2.91 bits per heavy atom. The lowest BCUT2D eigenvalue weighted by Gasteiger charge is -2.22. The molecule has 118 valence electrons. The van der Waals surface area contributed by atoms with Gasteiger partial charge in [0.1, 0.15) is 6.54 Å². The van der Waals surface area contributed by atoms with Crippen LogP contribution in [0.1, 0.15) is 12.0 Å². The van der Waals surface area contributed by atoms with E-state index in [0.717, 1.165) is 11.3 Å². The van der Waals surface area contributed by atoms with Crippen LogP contribution in [-0.4, -0.2) is 47.5 Å². The Labute approximate surface area is 124 Å². The molecule has 22 heavy (non-hydrogen) atoms. The molecule has 8 heteroatoms. The Hall–Kier alpha value is -2.12. The van der Waals surface area contributed by atoms with E-state index in [1.807, 2.05) is 0 Å². The molecule has 5 nitrogen and oxygen atoms in total. The molecule has 0 aliphatic carbocycles. The van der Waals surface area contributed by atoms with Crippen LogP contribution in [0.3, 0.4) is 0 Å². The zero-order valence-electron chi connectivity index (χ0n) is 11.6. The quantitative estimate of drug-likeness (QED) is 0.829. The monoisotopic (exact) mass is 313 g/mol. The maximum Gasteiger partial charge on any atom is 0.406 e. The van der Waals surface area contributed by atoms with E-state index >= 15 is 0 Å². The summed E-state index contributed by atoms with van der Waals surface area (Å²) in [6.45, 7) is -0.992. The summed E-state index contributed by atoms with van der Waals surface area (Å²) < 4.78 is 37.2. The molecule has 0 N–H and O–H groups in total. The number of anilines is 1. The molecule has 0 spiro atoms. The van der Waals surface area contributed by atoms with Crippen molar-refractivity contribution in [3.8, 4) is 0 Å². The second-order valence-electron chi connectivity index (χ2n) is 5.53. The third kappa shape index (κ3) is 2.77. The van der Waals surface area contributed by atoms with Gasteiger partial charge in [-0.25, -0.2) is 0 Å². The molecule has 1 atom stereocenters. The molecule has 1 saturated heterocycles. The summed E-state index contributed by atoms with van der Waals surface area (Å²) in [7, 11) is 0. The van der Waals surface area contributed by atoms with Crippen molar-refractivity contribution in [1.82, 2.24) is 9.88 Å². The van der Waals surface area contributed by atoms with Gasteiger partial charge in [-0.2, -0.15) is 13.2 Å². The Bertz CT molecular complexity index is 618. The summed E-state index contributed by atoms with van der Waals surface area (Å²) in [5.41, 5.74) is 1.68. The van der Waals surface area contributed by atoms with Crippen LogP contribution in [0.4, 0.5) is 18.9 Å². The molecule has 1 aromatic rings. The van der Waals surface area contributed by atoms with Crippen LogP contribution in [0.5, 0.6) is 0 Å². The Balaban J connectivity index is 1.71. The first-order valence-electron chi connectivity index (χ1n) is 6.94. The third-order valence-corrected chi connectivity index (χ3v) is 3.97. The highest BCUT2D eigenvalue weighted by Gasteiger charge is 2.42. The lowest BCUT2D eigenvalue weighted by Crippen LogP contribution is -2.38. The maximum absolute atomic E-state index is 12.5.